The first-order valence-corrected chi connectivity index (χ1v) is 6.92. The third-order valence-electron chi connectivity index (χ3n) is 3.72. The predicted octanol–water partition coefficient (Wildman–Crippen LogP) is 0.877. The summed E-state index contributed by atoms with van der Waals surface area (Å²) >= 11 is 0. The topological polar surface area (TPSA) is 67.6 Å². The summed E-state index contributed by atoms with van der Waals surface area (Å²) < 4.78 is 5.25. The molecule has 1 heterocycles. The third-order valence-corrected chi connectivity index (χ3v) is 3.72. The highest BCUT2D eigenvalue weighted by Crippen LogP contribution is 2.18. The predicted molar refractivity (Wildman–Crippen MR) is 79.6 cm³/mol. The lowest BCUT2D eigenvalue weighted by atomic mass is 9.90. The number of hydrogen-bond donors (Lipinski definition) is 2. The summed E-state index contributed by atoms with van der Waals surface area (Å²) in [6.07, 6.45) is 1.16. The maximum absolute atomic E-state index is 12.2. The molecule has 5 nitrogen and oxygen atoms in total. The number of hydrogen-bond acceptors (Lipinski definition) is 4. The maximum atomic E-state index is 12.2. The molecule has 20 heavy (non-hydrogen) atoms. The van der Waals surface area contributed by atoms with Gasteiger partial charge in [0.15, 0.2) is 0 Å². The summed E-state index contributed by atoms with van der Waals surface area (Å²) in [5, 5.41) is 2.94. The molecule has 0 aliphatic carbocycles. The molecule has 1 aliphatic rings. The van der Waals surface area contributed by atoms with Crippen molar-refractivity contribution in [2.24, 2.45) is 5.73 Å². The van der Waals surface area contributed by atoms with Crippen LogP contribution in [0, 0.1) is 0 Å². The molecule has 1 fully saturated rings. The normalized spacial score (nSPS) is 17.6. The minimum Gasteiger partial charge on any atom is -0.381 e. The number of nitrogens with zero attached hydrogens (tertiary/aromatic N) is 1. The van der Waals surface area contributed by atoms with Crippen LogP contribution in [-0.4, -0.2) is 38.8 Å². The molecule has 1 saturated heterocycles. The Bertz CT molecular complexity index is 468. The standard InChI is InChI=1S/C15H23N3O2/c1-18(2)13-5-3-4-12(10-13)11-17-14(19)15(16)6-8-20-9-7-15/h3-5,10H,6-9,11,16H2,1-2H3,(H,17,19). The summed E-state index contributed by atoms with van der Waals surface area (Å²) in [6, 6.07) is 8.09. The maximum Gasteiger partial charge on any atom is 0.240 e. The largest absolute Gasteiger partial charge is 0.381 e. The Morgan fingerprint density at radius 3 is 2.75 bits per heavy atom. The van der Waals surface area contributed by atoms with E-state index in [1.54, 1.807) is 0 Å². The van der Waals surface area contributed by atoms with Gasteiger partial charge in [-0.3, -0.25) is 4.79 Å². The number of nitrogens with two attached hydrogens (primary N) is 1. The third kappa shape index (κ3) is 3.49. The lowest BCUT2D eigenvalue weighted by molar-refractivity contribution is -0.129. The SMILES string of the molecule is CN(C)c1cccc(CNC(=O)C2(N)CCOCC2)c1. The monoisotopic (exact) mass is 277 g/mol. The highest BCUT2D eigenvalue weighted by Gasteiger charge is 2.35. The van der Waals surface area contributed by atoms with Gasteiger partial charge in [-0.2, -0.15) is 0 Å². The molecule has 0 aromatic heterocycles. The average molecular weight is 277 g/mol. The van der Waals surface area contributed by atoms with E-state index in [1.807, 2.05) is 37.2 Å². The summed E-state index contributed by atoms with van der Waals surface area (Å²) in [5.74, 6) is -0.0870. The molecule has 1 amide bonds. The second kappa shape index (κ2) is 6.24. The first-order valence-electron chi connectivity index (χ1n) is 6.92. The van der Waals surface area contributed by atoms with Gasteiger partial charge < -0.3 is 20.7 Å². The van der Waals surface area contributed by atoms with E-state index in [0.29, 0.717) is 32.6 Å². The molecule has 0 radical (unpaired) electrons. The van der Waals surface area contributed by atoms with E-state index in [2.05, 4.69) is 11.4 Å². The first kappa shape index (κ1) is 14.8. The van der Waals surface area contributed by atoms with E-state index in [4.69, 9.17) is 10.5 Å². The average Bonchev–Trinajstić information content (AvgIpc) is 2.45. The molecule has 5 heteroatoms. The number of rotatable bonds is 4. The van der Waals surface area contributed by atoms with E-state index in [-0.39, 0.29) is 5.91 Å². The number of ether oxygens (including phenoxy) is 1. The number of carbonyl (C=O) groups excluding carboxylic acids is 1. The Morgan fingerprint density at radius 1 is 1.40 bits per heavy atom. The van der Waals surface area contributed by atoms with Gasteiger partial charge in [-0.25, -0.2) is 0 Å². The first-order chi connectivity index (χ1) is 9.51. The molecule has 3 N–H and O–H groups in total. The molecule has 1 aromatic carbocycles. The Balaban J connectivity index is 1.94. The number of benzene rings is 1. The minimum absolute atomic E-state index is 0.0870. The zero-order valence-electron chi connectivity index (χ0n) is 12.2. The van der Waals surface area contributed by atoms with Gasteiger partial charge >= 0.3 is 0 Å². The number of nitrogens with one attached hydrogen (secondary N) is 1. The second-order valence-corrected chi connectivity index (χ2v) is 5.52. The highest BCUT2D eigenvalue weighted by molar-refractivity contribution is 5.86. The summed E-state index contributed by atoms with van der Waals surface area (Å²) in [7, 11) is 3.99. The van der Waals surface area contributed by atoms with Crippen LogP contribution in [0.4, 0.5) is 5.69 Å². The van der Waals surface area contributed by atoms with Gasteiger partial charge in [-0.15, -0.1) is 0 Å². The molecular weight excluding hydrogens is 254 g/mol. The lowest BCUT2D eigenvalue weighted by Crippen LogP contribution is -2.56. The summed E-state index contributed by atoms with van der Waals surface area (Å²) in [4.78, 5) is 14.2. The number of carbonyl (C=O) groups is 1. The van der Waals surface area contributed by atoms with Crippen molar-refractivity contribution in [3.05, 3.63) is 29.8 Å². The van der Waals surface area contributed by atoms with Gasteiger partial charge in [0.25, 0.3) is 0 Å². The van der Waals surface area contributed by atoms with Crippen LogP contribution < -0.4 is 16.0 Å². The van der Waals surface area contributed by atoms with Crippen LogP contribution in [0.1, 0.15) is 18.4 Å². The van der Waals surface area contributed by atoms with E-state index >= 15 is 0 Å². The lowest BCUT2D eigenvalue weighted by Gasteiger charge is -2.31. The van der Waals surface area contributed by atoms with Crippen molar-refractivity contribution in [2.75, 3.05) is 32.2 Å². The van der Waals surface area contributed by atoms with Gasteiger partial charge in [-0.1, -0.05) is 12.1 Å². The van der Waals surface area contributed by atoms with Gasteiger partial charge in [0.2, 0.25) is 5.91 Å². The molecule has 0 saturated carbocycles. The Hall–Kier alpha value is -1.59. The fourth-order valence-corrected chi connectivity index (χ4v) is 2.27. The van der Waals surface area contributed by atoms with E-state index in [0.717, 1.165) is 11.3 Å². The number of anilines is 1. The van der Waals surface area contributed by atoms with Crippen LogP contribution in [0.2, 0.25) is 0 Å². The molecule has 110 valence electrons. The van der Waals surface area contributed by atoms with Crippen LogP contribution in [0.15, 0.2) is 24.3 Å². The van der Waals surface area contributed by atoms with Crippen LogP contribution in [0.25, 0.3) is 0 Å². The Labute approximate surface area is 120 Å². The van der Waals surface area contributed by atoms with Crippen molar-refractivity contribution in [3.8, 4) is 0 Å². The van der Waals surface area contributed by atoms with Crippen molar-refractivity contribution in [1.29, 1.82) is 0 Å². The molecule has 0 unspecified atom stereocenters. The quantitative estimate of drug-likeness (QED) is 0.857. The number of amides is 1. The van der Waals surface area contributed by atoms with Crippen molar-refractivity contribution >= 4 is 11.6 Å². The van der Waals surface area contributed by atoms with Crippen molar-refractivity contribution in [3.63, 3.8) is 0 Å². The van der Waals surface area contributed by atoms with Crippen LogP contribution in [-0.2, 0) is 16.1 Å². The smallest absolute Gasteiger partial charge is 0.240 e. The summed E-state index contributed by atoms with van der Waals surface area (Å²) in [5.41, 5.74) is 7.55. The van der Waals surface area contributed by atoms with Gasteiger partial charge in [0.1, 0.15) is 0 Å². The second-order valence-electron chi connectivity index (χ2n) is 5.52. The molecule has 0 spiro atoms. The Morgan fingerprint density at radius 2 is 2.10 bits per heavy atom. The van der Waals surface area contributed by atoms with E-state index in [9.17, 15) is 4.79 Å². The van der Waals surface area contributed by atoms with Crippen molar-refractivity contribution in [1.82, 2.24) is 5.32 Å². The zero-order chi connectivity index (χ0) is 14.6. The molecular formula is C15H23N3O2. The molecule has 0 bridgehead atoms. The minimum atomic E-state index is -0.780. The highest BCUT2D eigenvalue weighted by atomic mass is 16.5. The fourth-order valence-electron chi connectivity index (χ4n) is 2.27. The van der Waals surface area contributed by atoms with Crippen LogP contribution >= 0.6 is 0 Å². The van der Waals surface area contributed by atoms with Crippen molar-refractivity contribution in [2.45, 2.75) is 24.9 Å². The molecule has 1 aliphatic heterocycles. The van der Waals surface area contributed by atoms with Gasteiger partial charge in [0.05, 0.1) is 5.54 Å². The van der Waals surface area contributed by atoms with Crippen LogP contribution in [0.3, 0.4) is 0 Å². The van der Waals surface area contributed by atoms with E-state index in [1.165, 1.54) is 0 Å². The van der Waals surface area contributed by atoms with E-state index < -0.39 is 5.54 Å². The van der Waals surface area contributed by atoms with Crippen molar-refractivity contribution < 1.29 is 9.53 Å². The van der Waals surface area contributed by atoms with Crippen LogP contribution in [0.5, 0.6) is 0 Å². The summed E-state index contributed by atoms with van der Waals surface area (Å²) in [6.45, 7) is 1.61. The zero-order valence-corrected chi connectivity index (χ0v) is 12.2. The molecule has 2 rings (SSSR count). The molecule has 1 aromatic rings. The van der Waals surface area contributed by atoms with Gasteiger partial charge in [-0.05, 0) is 30.5 Å². The molecule has 0 atom stereocenters. The Kier molecular flexibility index (Phi) is 4.62. The van der Waals surface area contributed by atoms with Gasteiger partial charge in [0, 0.05) is 39.5 Å². The fraction of sp³-hybridized carbons (Fsp3) is 0.533.